The standard InChI is InChI=1S/C52H53BN2/c1-52(2,35-18-7-3-8-19-35)36-32-44-49-42-27-16-15-26-41(42)43-28-17-29-46(50(43)49)53-45-31-30-40(54(37-20-9-4-10-21-37)38-22-11-5-12-23-38)34-47(45)55(48(33-36)51(44)53)39-24-13-6-14-25-39/h3-4,6-10,13-14,16-18,20-22,24-25,27,29-31,33-35,43-44,46,49-50H,5,11-12,15,19,23,26,28,32H2,1-2H3. The molecule has 2 nitrogen and oxygen atoms in total. The van der Waals surface area contributed by atoms with Gasteiger partial charge in [-0.05, 0) is 147 Å². The number of fused-ring (bicyclic) bond motifs is 6. The number of allylic oxidation sites excluding steroid dienone is 15. The quantitative estimate of drug-likeness (QED) is 0.185. The Morgan fingerprint density at radius 1 is 0.782 bits per heavy atom. The second-order valence-corrected chi connectivity index (χ2v) is 18.1. The van der Waals surface area contributed by atoms with Crippen LogP contribution in [0.5, 0.6) is 0 Å². The molecule has 3 aromatic rings. The minimum absolute atomic E-state index is 0.0400. The Kier molecular flexibility index (Phi) is 8.05. The van der Waals surface area contributed by atoms with Crippen LogP contribution in [-0.2, 0) is 0 Å². The van der Waals surface area contributed by atoms with E-state index in [2.05, 4.69) is 163 Å². The molecule has 274 valence electrons. The lowest BCUT2D eigenvalue weighted by atomic mass is 9.23. The largest absolute Gasteiger partial charge is 0.314 e. The van der Waals surface area contributed by atoms with Gasteiger partial charge < -0.3 is 9.80 Å². The van der Waals surface area contributed by atoms with E-state index in [1.165, 1.54) is 71.7 Å². The highest BCUT2D eigenvalue weighted by Crippen LogP contribution is 2.66. The second-order valence-electron chi connectivity index (χ2n) is 18.1. The van der Waals surface area contributed by atoms with Gasteiger partial charge in [-0.2, -0.15) is 0 Å². The molecule has 6 atom stereocenters. The third-order valence-electron chi connectivity index (χ3n) is 15.1. The molecular formula is C52H53BN2. The Balaban J connectivity index is 1.16. The van der Waals surface area contributed by atoms with Crippen LogP contribution in [0.25, 0.3) is 0 Å². The molecule has 55 heavy (non-hydrogen) atoms. The van der Waals surface area contributed by atoms with Gasteiger partial charge in [-0.15, -0.1) is 0 Å². The van der Waals surface area contributed by atoms with Crippen LogP contribution in [0.3, 0.4) is 0 Å². The van der Waals surface area contributed by atoms with Crippen molar-refractivity contribution in [1.82, 2.24) is 0 Å². The Morgan fingerprint density at radius 3 is 2.44 bits per heavy atom. The Bertz CT molecular complexity index is 2280. The van der Waals surface area contributed by atoms with Gasteiger partial charge in [0.05, 0.1) is 0 Å². The van der Waals surface area contributed by atoms with E-state index < -0.39 is 0 Å². The van der Waals surface area contributed by atoms with Crippen molar-refractivity contribution in [3.8, 4) is 0 Å². The van der Waals surface area contributed by atoms with Crippen molar-refractivity contribution in [2.24, 2.45) is 35.0 Å². The summed E-state index contributed by atoms with van der Waals surface area (Å²) in [4.78, 5) is 5.27. The maximum absolute atomic E-state index is 2.71. The van der Waals surface area contributed by atoms with Gasteiger partial charge in [0, 0.05) is 34.1 Å². The molecule has 2 heterocycles. The minimum atomic E-state index is 0.0400. The summed E-state index contributed by atoms with van der Waals surface area (Å²) in [5, 5.41) is 0. The van der Waals surface area contributed by atoms with Gasteiger partial charge in [-0.3, -0.25) is 0 Å². The molecule has 0 bridgehead atoms. The number of benzene rings is 3. The Labute approximate surface area is 329 Å². The highest BCUT2D eigenvalue weighted by Gasteiger charge is 2.60. The summed E-state index contributed by atoms with van der Waals surface area (Å²) < 4.78 is 0. The molecule has 0 radical (unpaired) electrons. The van der Waals surface area contributed by atoms with E-state index in [0.717, 1.165) is 25.7 Å². The maximum Gasteiger partial charge on any atom is 0.217 e. The van der Waals surface area contributed by atoms with E-state index in [9.17, 15) is 0 Å². The van der Waals surface area contributed by atoms with E-state index in [4.69, 9.17) is 0 Å². The summed E-state index contributed by atoms with van der Waals surface area (Å²) in [6.07, 6.45) is 35.7. The minimum Gasteiger partial charge on any atom is -0.314 e. The van der Waals surface area contributed by atoms with Crippen LogP contribution in [0.15, 0.2) is 173 Å². The third kappa shape index (κ3) is 5.21. The molecular weight excluding hydrogens is 663 g/mol. The molecule has 3 heteroatoms. The second kappa shape index (κ2) is 13.2. The highest BCUT2D eigenvalue weighted by atomic mass is 15.2. The fraction of sp³-hybridized carbons (Fsp3) is 0.346. The molecule has 2 aliphatic heterocycles. The van der Waals surface area contributed by atoms with E-state index in [1.54, 1.807) is 22.2 Å². The van der Waals surface area contributed by atoms with Crippen molar-refractivity contribution >= 4 is 34.9 Å². The fourth-order valence-corrected chi connectivity index (χ4v) is 12.6. The SMILES string of the molecule is CC(C)(C1=CC2=C3B(c4ccc(N(C5=CCCCC5)c5ccccc5)cc4N2c2ccccc2)C2C=CCC4C5=C(C=CCC5)C(C3C1)C24)C1C=CC=CC1. The van der Waals surface area contributed by atoms with Crippen molar-refractivity contribution in [1.29, 1.82) is 0 Å². The van der Waals surface area contributed by atoms with Crippen LogP contribution in [0, 0.1) is 35.0 Å². The van der Waals surface area contributed by atoms with Crippen LogP contribution < -0.4 is 15.3 Å². The Hall–Kier alpha value is -4.76. The molecule has 3 aromatic carbocycles. The Morgan fingerprint density at radius 2 is 1.64 bits per heavy atom. The number of hydrogen-bond donors (Lipinski definition) is 0. The molecule has 11 rings (SSSR count). The molecule has 0 spiro atoms. The predicted octanol–water partition coefficient (Wildman–Crippen LogP) is 12.9. The van der Waals surface area contributed by atoms with Gasteiger partial charge in [0.2, 0.25) is 6.71 Å². The first-order valence-electron chi connectivity index (χ1n) is 21.5. The van der Waals surface area contributed by atoms with E-state index in [0.29, 0.717) is 42.1 Å². The van der Waals surface area contributed by atoms with Gasteiger partial charge in [0.1, 0.15) is 0 Å². The molecule has 1 saturated heterocycles. The number of anilines is 4. The number of nitrogens with zero attached hydrogens (tertiary/aromatic N) is 2. The summed E-state index contributed by atoms with van der Waals surface area (Å²) >= 11 is 0. The van der Waals surface area contributed by atoms with Gasteiger partial charge in [0.15, 0.2) is 0 Å². The molecule has 0 saturated carbocycles. The summed E-state index contributed by atoms with van der Waals surface area (Å²) in [6.45, 7) is 5.47. The molecule has 6 unspecified atom stereocenters. The lowest BCUT2D eigenvalue weighted by molar-refractivity contribution is 0.226. The van der Waals surface area contributed by atoms with E-state index in [1.807, 2.05) is 0 Å². The summed E-state index contributed by atoms with van der Waals surface area (Å²) in [6, 6.07) is 30.1. The maximum atomic E-state index is 2.71. The molecule has 6 aliphatic carbocycles. The zero-order valence-electron chi connectivity index (χ0n) is 32.6. The van der Waals surface area contributed by atoms with E-state index >= 15 is 0 Å². The molecule has 0 N–H and O–H groups in total. The zero-order chi connectivity index (χ0) is 36.7. The topological polar surface area (TPSA) is 6.48 Å². The van der Waals surface area contributed by atoms with Crippen LogP contribution in [0.1, 0.15) is 71.6 Å². The van der Waals surface area contributed by atoms with Gasteiger partial charge in [-0.1, -0.05) is 133 Å². The van der Waals surface area contributed by atoms with Crippen LogP contribution in [0.2, 0.25) is 5.82 Å². The monoisotopic (exact) mass is 716 g/mol. The van der Waals surface area contributed by atoms with Crippen LogP contribution in [-0.4, -0.2) is 6.71 Å². The average Bonchev–Trinajstić information content (AvgIpc) is 3.59. The predicted molar refractivity (Wildman–Crippen MR) is 232 cm³/mol. The van der Waals surface area contributed by atoms with Crippen LogP contribution >= 0.6 is 0 Å². The van der Waals surface area contributed by atoms with Crippen molar-refractivity contribution in [3.05, 3.63) is 173 Å². The zero-order valence-corrected chi connectivity index (χ0v) is 32.6. The number of rotatable bonds is 6. The smallest absolute Gasteiger partial charge is 0.217 e. The van der Waals surface area contributed by atoms with E-state index in [-0.39, 0.29) is 5.41 Å². The van der Waals surface area contributed by atoms with Crippen molar-refractivity contribution in [2.45, 2.75) is 77.5 Å². The third-order valence-corrected chi connectivity index (χ3v) is 15.1. The lowest BCUT2D eigenvalue weighted by Crippen LogP contribution is -2.56. The van der Waals surface area contributed by atoms with Gasteiger partial charge in [0.25, 0.3) is 0 Å². The first-order valence-corrected chi connectivity index (χ1v) is 21.5. The molecule has 8 aliphatic rings. The van der Waals surface area contributed by atoms with Gasteiger partial charge >= 0.3 is 0 Å². The lowest BCUT2D eigenvalue weighted by Gasteiger charge is -2.55. The van der Waals surface area contributed by atoms with Crippen molar-refractivity contribution < 1.29 is 0 Å². The summed E-state index contributed by atoms with van der Waals surface area (Å²) in [7, 11) is 0. The summed E-state index contributed by atoms with van der Waals surface area (Å²) in [5.41, 5.74) is 16.5. The highest BCUT2D eigenvalue weighted by molar-refractivity contribution is 6.84. The molecule has 1 fully saturated rings. The van der Waals surface area contributed by atoms with Crippen LogP contribution in [0.4, 0.5) is 22.7 Å². The van der Waals surface area contributed by atoms with Crippen molar-refractivity contribution in [3.63, 3.8) is 0 Å². The average molecular weight is 717 g/mol. The number of hydrogen-bond acceptors (Lipinski definition) is 2. The first kappa shape index (κ1) is 33.6. The normalized spacial score (nSPS) is 28.7. The fourth-order valence-electron chi connectivity index (χ4n) is 12.6. The van der Waals surface area contributed by atoms with Gasteiger partial charge in [-0.25, -0.2) is 0 Å². The first-order chi connectivity index (χ1) is 27.1. The summed E-state index contributed by atoms with van der Waals surface area (Å²) in [5.74, 6) is 3.43. The molecule has 0 amide bonds. The van der Waals surface area contributed by atoms with Crippen molar-refractivity contribution in [2.75, 3.05) is 9.80 Å². The number of para-hydroxylation sites is 2. The molecule has 0 aromatic heterocycles.